The van der Waals surface area contributed by atoms with E-state index in [1.165, 1.54) is 70.6 Å². The highest BCUT2D eigenvalue weighted by Gasteiger charge is 2.01. The molecule has 0 aromatic rings. The lowest BCUT2D eigenvalue weighted by molar-refractivity contribution is 0.596. The lowest BCUT2D eigenvalue weighted by Crippen LogP contribution is -1.91. The van der Waals surface area contributed by atoms with E-state index in [0.717, 1.165) is 0 Å². The molecule has 0 aliphatic heterocycles. The maximum Gasteiger partial charge on any atom is -0.0320 e. The Labute approximate surface area is 89.8 Å². The summed E-state index contributed by atoms with van der Waals surface area (Å²) in [6.07, 6.45) is 18.1. The van der Waals surface area contributed by atoms with Gasteiger partial charge in [-0.05, 0) is 38.5 Å². The summed E-state index contributed by atoms with van der Waals surface area (Å²) in [6, 6.07) is 0. The Balaban J connectivity index is 2.13. The molecular weight excluding hydrogens is 168 g/mol. The molecule has 0 nitrogen and oxygen atoms in total. The SMILES string of the molecule is CCCCCC/C1=C/CCCCCC1. The molecule has 0 aromatic carbocycles. The van der Waals surface area contributed by atoms with Crippen LogP contribution in [0.5, 0.6) is 0 Å². The van der Waals surface area contributed by atoms with Gasteiger partial charge in [0.05, 0.1) is 0 Å². The first-order valence-corrected chi connectivity index (χ1v) is 6.61. The largest absolute Gasteiger partial charge is 0.0853 e. The predicted molar refractivity (Wildman–Crippen MR) is 64.5 cm³/mol. The van der Waals surface area contributed by atoms with Gasteiger partial charge < -0.3 is 0 Å². The fourth-order valence-corrected chi connectivity index (χ4v) is 2.26. The third-order valence-corrected chi connectivity index (χ3v) is 3.24. The van der Waals surface area contributed by atoms with E-state index in [-0.39, 0.29) is 0 Å². The molecule has 0 N–H and O–H groups in total. The molecule has 0 aromatic heterocycles. The third-order valence-electron chi connectivity index (χ3n) is 3.24. The van der Waals surface area contributed by atoms with Crippen molar-refractivity contribution in [3.8, 4) is 0 Å². The monoisotopic (exact) mass is 194 g/mol. The molecule has 14 heavy (non-hydrogen) atoms. The zero-order valence-corrected chi connectivity index (χ0v) is 9.86. The molecule has 0 fully saturated rings. The maximum atomic E-state index is 2.53. The van der Waals surface area contributed by atoms with Crippen LogP contribution in [0, 0.1) is 0 Å². The summed E-state index contributed by atoms with van der Waals surface area (Å²) in [5.74, 6) is 0. The molecule has 0 amide bonds. The number of hydrogen-bond acceptors (Lipinski definition) is 0. The van der Waals surface area contributed by atoms with Crippen LogP contribution in [0.15, 0.2) is 11.6 Å². The van der Waals surface area contributed by atoms with Crippen molar-refractivity contribution >= 4 is 0 Å². The van der Waals surface area contributed by atoms with Crippen LogP contribution in [0.1, 0.15) is 77.6 Å². The highest BCUT2D eigenvalue weighted by atomic mass is 14.1. The highest BCUT2D eigenvalue weighted by molar-refractivity contribution is 5.02. The lowest BCUT2D eigenvalue weighted by Gasteiger charge is -2.11. The minimum Gasteiger partial charge on any atom is -0.0853 e. The van der Waals surface area contributed by atoms with E-state index in [0.29, 0.717) is 0 Å². The molecule has 0 radical (unpaired) electrons. The Hall–Kier alpha value is -0.260. The van der Waals surface area contributed by atoms with Crippen LogP contribution in [-0.2, 0) is 0 Å². The van der Waals surface area contributed by atoms with E-state index in [2.05, 4.69) is 13.0 Å². The smallest absolute Gasteiger partial charge is 0.0320 e. The van der Waals surface area contributed by atoms with Crippen LogP contribution < -0.4 is 0 Å². The van der Waals surface area contributed by atoms with Crippen LogP contribution in [0.2, 0.25) is 0 Å². The van der Waals surface area contributed by atoms with Gasteiger partial charge in [-0.1, -0.05) is 50.7 Å². The van der Waals surface area contributed by atoms with Gasteiger partial charge in [0.2, 0.25) is 0 Å². The zero-order valence-electron chi connectivity index (χ0n) is 9.86. The van der Waals surface area contributed by atoms with Crippen molar-refractivity contribution in [2.45, 2.75) is 77.6 Å². The van der Waals surface area contributed by atoms with Gasteiger partial charge in [0.15, 0.2) is 0 Å². The van der Waals surface area contributed by atoms with Crippen LogP contribution in [0.3, 0.4) is 0 Å². The zero-order chi connectivity index (χ0) is 10.1. The molecule has 0 atom stereocenters. The van der Waals surface area contributed by atoms with E-state index in [1.54, 1.807) is 5.57 Å². The molecule has 0 heterocycles. The number of rotatable bonds is 5. The summed E-state index contributed by atoms with van der Waals surface area (Å²) in [5, 5.41) is 0. The summed E-state index contributed by atoms with van der Waals surface area (Å²) >= 11 is 0. The Bertz CT molecular complexity index is 155. The first kappa shape index (κ1) is 11.8. The first-order valence-electron chi connectivity index (χ1n) is 6.61. The van der Waals surface area contributed by atoms with Gasteiger partial charge >= 0.3 is 0 Å². The van der Waals surface area contributed by atoms with Crippen molar-refractivity contribution in [1.82, 2.24) is 0 Å². The molecule has 1 rings (SSSR count). The van der Waals surface area contributed by atoms with Gasteiger partial charge in [-0.2, -0.15) is 0 Å². The normalized spacial score (nSPS) is 22.2. The topological polar surface area (TPSA) is 0 Å². The Morgan fingerprint density at radius 1 is 1.00 bits per heavy atom. The number of allylic oxidation sites excluding steroid dienone is 2. The molecule has 1 aliphatic carbocycles. The summed E-state index contributed by atoms with van der Waals surface area (Å²) < 4.78 is 0. The molecule has 1 aliphatic rings. The van der Waals surface area contributed by atoms with Crippen molar-refractivity contribution in [3.63, 3.8) is 0 Å². The number of unbranched alkanes of at least 4 members (excludes halogenated alkanes) is 3. The average Bonchev–Trinajstić information content (AvgIpc) is 2.15. The van der Waals surface area contributed by atoms with Gasteiger partial charge in [0, 0.05) is 0 Å². The molecule has 0 unspecified atom stereocenters. The molecule has 82 valence electrons. The van der Waals surface area contributed by atoms with Crippen molar-refractivity contribution < 1.29 is 0 Å². The summed E-state index contributed by atoms with van der Waals surface area (Å²) in [6.45, 7) is 2.29. The quantitative estimate of drug-likeness (QED) is 0.415. The summed E-state index contributed by atoms with van der Waals surface area (Å²) in [4.78, 5) is 0. The highest BCUT2D eigenvalue weighted by Crippen LogP contribution is 2.21. The Morgan fingerprint density at radius 2 is 1.86 bits per heavy atom. The first-order chi connectivity index (χ1) is 6.93. The van der Waals surface area contributed by atoms with Crippen LogP contribution in [0.4, 0.5) is 0 Å². The average molecular weight is 194 g/mol. The molecule has 0 spiro atoms. The van der Waals surface area contributed by atoms with Crippen molar-refractivity contribution in [3.05, 3.63) is 11.6 Å². The van der Waals surface area contributed by atoms with Gasteiger partial charge in [-0.15, -0.1) is 0 Å². The lowest BCUT2D eigenvalue weighted by atomic mass is 9.96. The van der Waals surface area contributed by atoms with Gasteiger partial charge in [-0.25, -0.2) is 0 Å². The van der Waals surface area contributed by atoms with E-state index >= 15 is 0 Å². The summed E-state index contributed by atoms with van der Waals surface area (Å²) in [7, 11) is 0. The van der Waals surface area contributed by atoms with Gasteiger partial charge in [0.25, 0.3) is 0 Å². The fraction of sp³-hybridized carbons (Fsp3) is 0.857. The predicted octanol–water partition coefficient (Wildman–Crippen LogP) is 5.24. The van der Waals surface area contributed by atoms with Gasteiger partial charge in [0.1, 0.15) is 0 Å². The van der Waals surface area contributed by atoms with Crippen LogP contribution in [-0.4, -0.2) is 0 Å². The standard InChI is InChI=1S/C14H26/c1-2-3-4-8-11-14-12-9-6-5-7-10-13-14/h12H,2-11,13H2,1H3/b14-12-. The molecular formula is C14H26. The van der Waals surface area contributed by atoms with Crippen molar-refractivity contribution in [2.75, 3.05) is 0 Å². The third kappa shape index (κ3) is 5.47. The Morgan fingerprint density at radius 3 is 2.71 bits per heavy atom. The van der Waals surface area contributed by atoms with E-state index in [9.17, 15) is 0 Å². The molecule has 0 saturated heterocycles. The molecule has 0 bridgehead atoms. The fourth-order valence-electron chi connectivity index (χ4n) is 2.26. The number of hydrogen-bond donors (Lipinski definition) is 0. The van der Waals surface area contributed by atoms with E-state index in [1.807, 2.05) is 0 Å². The minimum atomic E-state index is 1.35. The van der Waals surface area contributed by atoms with E-state index in [4.69, 9.17) is 0 Å². The van der Waals surface area contributed by atoms with Gasteiger partial charge in [-0.3, -0.25) is 0 Å². The van der Waals surface area contributed by atoms with E-state index < -0.39 is 0 Å². The second-order valence-corrected chi connectivity index (χ2v) is 4.63. The molecule has 0 heteroatoms. The Kier molecular flexibility index (Phi) is 6.82. The van der Waals surface area contributed by atoms with Crippen LogP contribution in [0.25, 0.3) is 0 Å². The van der Waals surface area contributed by atoms with Crippen molar-refractivity contribution in [1.29, 1.82) is 0 Å². The molecule has 0 saturated carbocycles. The van der Waals surface area contributed by atoms with Crippen LogP contribution >= 0.6 is 0 Å². The second-order valence-electron chi connectivity index (χ2n) is 4.63. The minimum absolute atomic E-state index is 1.35. The summed E-state index contributed by atoms with van der Waals surface area (Å²) in [5.41, 5.74) is 1.76. The van der Waals surface area contributed by atoms with Crippen molar-refractivity contribution in [2.24, 2.45) is 0 Å². The maximum absolute atomic E-state index is 2.53. The second kappa shape index (κ2) is 8.08.